The van der Waals surface area contributed by atoms with Gasteiger partial charge in [0.1, 0.15) is 6.61 Å². The number of H-pyrrole nitrogens is 1. The van der Waals surface area contributed by atoms with Crippen LogP contribution in [-0.4, -0.2) is 51.3 Å². The Bertz CT molecular complexity index is 1520. The van der Waals surface area contributed by atoms with Crippen molar-refractivity contribution in [2.75, 3.05) is 31.7 Å². The zero-order valence-electron chi connectivity index (χ0n) is 20.6. The van der Waals surface area contributed by atoms with Gasteiger partial charge in [0, 0.05) is 16.6 Å². The normalized spacial score (nSPS) is 13.0. The number of Topliss-reactive ketones (excluding diaryl/α,β-unsaturated/α-hetero) is 1. The number of carbonyl (C=O) groups excluding carboxylic acids is 1. The number of carbonyl (C=O) groups is 1. The molecule has 1 unspecified atom stereocenters. The highest BCUT2D eigenvalue weighted by Crippen LogP contribution is 2.48. The lowest BCUT2D eigenvalue weighted by Gasteiger charge is -2.19. The van der Waals surface area contributed by atoms with E-state index in [0.717, 1.165) is 15.6 Å². The Morgan fingerprint density at radius 1 is 1.16 bits per heavy atom. The van der Waals surface area contributed by atoms with Gasteiger partial charge in [0.05, 0.1) is 32.3 Å². The summed E-state index contributed by atoms with van der Waals surface area (Å²) in [5.74, 6) is -0.308. The van der Waals surface area contributed by atoms with Crippen LogP contribution >= 0.6 is 23.5 Å². The van der Waals surface area contributed by atoms with E-state index < -0.39 is 13.2 Å². The van der Waals surface area contributed by atoms with E-state index >= 15 is 0 Å². The second-order valence-corrected chi connectivity index (χ2v) is 11.6. The number of benzene rings is 2. The minimum Gasteiger partial charge on any atom is -0.379 e. The molecule has 4 rings (SSSR count). The average Bonchev–Trinajstić information content (AvgIpc) is 3.29. The number of ketones is 1. The van der Waals surface area contributed by atoms with Crippen molar-refractivity contribution in [3.63, 3.8) is 0 Å². The maximum atomic E-state index is 13.5. The molecule has 13 heteroatoms. The Balaban J connectivity index is 1.35. The number of halogens is 1. The van der Waals surface area contributed by atoms with Crippen molar-refractivity contribution in [3.8, 4) is 0 Å². The number of rotatable bonds is 13. The second kappa shape index (κ2) is 12.6. The van der Waals surface area contributed by atoms with Crippen LogP contribution in [0.5, 0.6) is 0 Å². The minimum absolute atomic E-state index is 0.00830. The zero-order chi connectivity index (χ0) is 27.1. The molecular weight excluding hydrogens is 577 g/mol. The molecule has 38 heavy (non-hydrogen) atoms. The number of aromatic amines is 1. The molecule has 3 N–H and O–H groups in total. The fourth-order valence-corrected chi connectivity index (χ4v) is 5.31. The lowest BCUT2D eigenvalue weighted by molar-refractivity contribution is 0.0885. The number of aryl methyl sites for hydroxylation is 1. The maximum Gasteiger partial charge on any atom is 0.333 e. The topological polar surface area (TPSA) is 151 Å². The Morgan fingerprint density at radius 3 is 2.71 bits per heavy atom. The standard InChI is InChI=1S/C25H27BrN5O6P/c1-17-5-7-19(8-6-17)21(32)15-37-38(34,36-14-18-3-2-4-20(26)13-18)12-11-35-10-9-31-16-28-22-23(31)29-25(27)30-24(22)33/h2-8,13,16H,9-12,14-15H2,1H3,(H3,27,29,30,33). The lowest BCUT2D eigenvalue weighted by atomic mass is 10.1. The van der Waals surface area contributed by atoms with Crippen LogP contribution in [0.25, 0.3) is 11.2 Å². The smallest absolute Gasteiger partial charge is 0.333 e. The van der Waals surface area contributed by atoms with E-state index in [2.05, 4.69) is 30.9 Å². The molecular formula is C25H27BrN5O6P. The van der Waals surface area contributed by atoms with Crippen LogP contribution in [0.15, 0.2) is 64.1 Å². The van der Waals surface area contributed by atoms with E-state index in [9.17, 15) is 14.2 Å². The van der Waals surface area contributed by atoms with Gasteiger partial charge in [0.15, 0.2) is 16.9 Å². The van der Waals surface area contributed by atoms with E-state index in [0.29, 0.717) is 17.8 Å². The number of anilines is 1. The summed E-state index contributed by atoms with van der Waals surface area (Å²) >= 11 is 3.40. The monoisotopic (exact) mass is 603 g/mol. The molecule has 200 valence electrons. The minimum atomic E-state index is -3.69. The molecule has 1 atom stereocenters. The lowest BCUT2D eigenvalue weighted by Crippen LogP contribution is -2.15. The summed E-state index contributed by atoms with van der Waals surface area (Å²) in [4.78, 5) is 35.1. The van der Waals surface area contributed by atoms with E-state index in [4.69, 9.17) is 19.5 Å². The van der Waals surface area contributed by atoms with Gasteiger partial charge in [0.2, 0.25) is 5.95 Å². The summed E-state index contributed by atoms with van der Waals surface area (Å²) in [6.45, 7) is 2.18. The Hall–Kier alpha value is -3.15. The van der Waals surface area contributed by atoms with Crippen LogP contribution in [0, 0.1) is 6.92 Å². The first kappa shape index (κ1) is 27.9. The van der Waals surface area contributed by atoms with Crippen molar-refractivity contribution in [2.24, 2.45) is 0 Å². The van der Waals surface area contributed by atoms with Gasteiger partial charge in [-0.05, 0) is 24.6 Å². The molecule has 0 saturated heterocycles. The van der Waals surface area contributed by atoms with Gasteiger partial charge in [-0.2, -0.15) is 4.98 Å². The maximum absolute atomic E-state index is 13.5. The molecule has 11 nitrogen and oxygen atoms in total. The van der Waals surface area contributed by atoms with Crippen molar-refractivity contribution >= 4 is 46.4 Å². The van der Waals surface area contributed by atoms with Crippen LogP contribution in [0.4, 0.5) is 5.95 Å². The Morgan fingerprint density at radius 2 is 1.95 bits per heavy atom. The predicted molar refractivity (Wildman–Crippen MR) is 146 cm³/mol. The molecule has 4 aromatic rings. The largest absolute Gasteiger partial charge is 0.379 e. The number of nitrogens with zero attached hydrogens (tertiary/aromatic N) is 3. The fourth-order valence-electron chi connectivity index (χ4n) is 3.52. The third-order valence-electron chi connectivity index (χ3n) is 5.56. The molecule has 0 spiro atoms. The van der Waals surface area contributed by atoms with Crippen molar-refractivity contribution in [1.29, 1.82) is 0 Å². The zero-order valence-corrected chi connectivity index (χ0v) is 23.1. The van der Waals surface area contributed by atoms with Crippen molar-refractivity contribution in [1.82, 2.24) is 19.5 Å². The van der Waals surface area contributed by atoms with Crippen molar-refractivity contribution < 1.29 is 23.1 Å². The third kappa shape index (κ3) is 7.46. The highest BCUT2D eigenvalue weighted by molar-refractivity contribution is 9.10. The number of ether oxygens (including phenoxy) is 1. The molecule has 0 saturated carbocycles. The highest BCUT2D eigenvalue weighted by atomic mass is 79.9. The second-order valence-electron chi connectivity index (χ2n) is 8.47. The van der Waals surface area contributed by atoms with Gasteiger partial charge in [0.25, 0.3) is 5.56 Å². The first-order valence-corrected chi connectivity index (χ1v) is 14.3. The number of nitrogen functional groups attached to an aromatic ring is 1. The first-order chi connectivity index (χ1) is 18.2. The number of hydrogen-bond acceptors (Lipinski definition) is 9. The summed E-state index contributed by atoms with van der Waals surface area (Å²) in [5, 5.41) is 0. The van der Waals surface area contributed by atoms with E-state index in [1.54, 1.807) is 16.7 Å². The molecule has 0 fully saturated rings. The number of nitrogens with one attached hydrogen (secondary N) is 1. The van der Waals surface area contributed by atoms with Crippen LogP contribution in [-0.2, 0) is 31.5 Å². The van der Waals surface area contributed by atoms with Crippen LogP contribution in [0.1, 0.15) is 21.5 Å². The molecule has 2 aromatic heterocycles. The number of aromatic nitrogens is 4. The Labute approximate surface area is 227 Å². The van der Waals surface area contributed by atoms with Crippen molar-refractivity contribution in [2.45, 2.75) is 20.1 Å². The molecule has 2 aromatic carbocycles. The van der Waals surface area contributed by atoms with Gasteiger partial charge in [-0.3, -0.25) is 19.1 Å². The number of hydrogen-bond donors (Lipinski definition) is 2. The summed E-state index contributed by atoms with van der Waals surface area (Å²) in [5.41, 5.74) is 8.01. The first-order valence-electron chi connectivity index (χ1n) is 11.7. The predicted octanol–water partition coefficient (Wildman–Crippen LogP) is 4.10. The molecule has 2 heterocycles. The molecule has 0 aliphatic heterocycles. The summed E-state index contributed by atoms with van der Waals surface area (Å²) in [6.07, 6.45) is 1.42. The SMILES string of the molecule is Cc1ccc(C(=O)COP(=O)(CCOCCn2cnc3c(=O)[nH]c(N)nc32)OCc2cccc(Br)c2)cc1. The third-order valence-corrected chi connectivity index (χ3v) is 7.83. The van der Waals surface area contributed by atoms with Crippen LogP contribution < -0.4 is 11.3 Å². The number of imidazole rings is 1. The molecule has 0 amide bonds. The van der Waals surface area contributed by atoms with Gasteiger partial charge in [-0.15, -0.1) is 0 Å². The molecule has 0 bridgehead atoms. The van der Waals surface area contributed by atoms with E-state index in [-0.39, 0.29) is 49.8 Å². The molecule has 0 aliphatic rings. The van der Waals surface area contributed by atoms with Gasteiger partial charge in [-0.25, -0.2) is 4.98 Å². The summed E-state index contributed by atoms with van der Waals surface area (Å²) in [6, 6.07) is 14.5. The van der Waals surface area contributed by atoms with Crippen molar-refractivity contribution in [3.05, 3.63) is 86.4 Å². The quantitative estimate of drug-likeness (QED) is 0.131. The summed E-state index contributed by atoms with van der Waals surface area (Å²) < 4.78 is 33.0. The van der Waals surface area contributed by atoms with E-state index in [1.807, 2.05) is 43.3 Å². The van der Waals surface area contributed by atoms with Gasteiger partial charge < -0.3 is 24.1 Å². The van der Waals surface area contributed by atoms with Gasteiger partial charge >= 0.3 is 7.60 Å². The van der Waals surface area contributed by atoms with Crippen LogP contribution in [0.2, 0.25) is 0 Å². The molecule has 0 aliphatic carbocycles. The fraction of sp³-hybridized carbons (Fsp3) is 0.280. The van der Waals surface area contributed by atoms with Gasteiger partial charge in [-0.1, -0.05) is 57.9 Å². The van der Waals surface area contributed by atoms with E-state index in [1.165, 1.54) is 6.33 Å². The average molecular weight is 604 g/mol. The number of fused-ring (bicyclic) bond motifs is 1. The number of nitrogens with two attached hydrogens (primary N) is 1. The molecule has 0 radical (unpaired) electrons. The summed E-state index contributed by atoms with van der Waals surface area (Å²) in [7, 11) is -3.69. The van der Waals surface area contributed by atoms with Crippen LogP contribution in [0.3, 0.4) is 0 Å². The Kier molecular flexibility index (Phi) is 9.24. The highest BCUT2D eigenvalue weighted by Gasteiger charge is 2.26.